The number of rotatable bonds is 17. The third-order valence-corrected chi connectivity index (χ3v) is 20.0. The van der Waals surface area contributed by atoms with Crippen LogP contribution in [-0.2, 0) is 10.8 Å². The van der Waals surface area contributed by atoms with E-state index in [1.807, 2.05) is 192 Å². The molecule has 0 N–H and O–H groups in total. The van der Waals surface area contributed by atoms with Crippen LogP contribution in [0.15, 0.2) is 304 Å². The Morgan fingerprint density at radius 2 is 0.587 bits per heavy atom. The first-order valence-corrected chi connectivity index (χ1v) is 33.7. The van der Waals surface area contributed by atoms with Gasteiger partial charge in [0.2, 0.25) is 0 Å². The summed E-state index contributed by atoms with van der Waals surface area (Å²) < 4.78 is 142. The lowest BCUT2D eigenvalue weighted by atomic mass is 9.67. The monoisotopic (exact) mass is 1380 g/mol. The molecule has 0 saturated carbocycles. The van der Waals surface area contributed by atoms with E-state index < -0.39 is 57.4 Å². The minimum Gasteiger partial charge on any atom is -0.457 e. The summed E-state index contributed by atoms with van der Waals surface area (Å²) in [4.78, 5) is 3.89. The van der Waals surface area contributed by atoms with E-state index in [4.69, 9.17) is 9.47 Å². The minimum atomic E-state index is -1.71. The van der Waals surface area contributed by atoms with Gasteiger partial charge in [0.25, 0.3) is 0 Å². The van der Waals surface area contributed by atoms with Crippen molar-refractivity contribution in [3.05, 3.63) is 418 Å². The third-order valence-electron chi connectivity index (χ3n) is 20.0. The molecule has 14 aromatic carbocycles. The van der Waals surface area contributed by atoms with Gasteiger partial charge in [-0.1, -0.05) is 159 Å². The van der Waals surface area contributed by atoms with Gasteiger partial charge in [-0.05, 0) is 236 Å². The summed E-state index contributed by atoms with van der Waals surface area (Å²) in [5, 5.41) is 0. The number of ether oxygens (including phenoxy) is 2. The van der Waals surface area contributed by atoms with E-state index in [1.165, 1.54) is 12.1 Å². The molecule has 0 saturated heterocycles. The van der Waals surface area contributed by atoms with E-state index in [1.54, 1.807) is 98.8 Å². The van der Waals surface area contributed by atoms with Gasteiger partial charge in [-0.2, -0.15) is 0 Å². The van der Waals surface area contributed by atoms with Crippen LogP contribution in [-0.4, -0.2) is 0 Å². The Kier molecular flexibility index (Phi) is 16.6. The number of aryl methyl sites for hydroxylation is 2. The fraction of sp³-hybridized carbons (Fsp3) is 0.0435. The highest BCUT2D eigenvalue weighted by molar-refractivity contribution is 5.92. The number of hydrogen-bond donors (Lipinski definition) is 0. The highest BCUT2D eigenvalue weighted by Crippen LogP contribution is 2.61. The molecule has 2 aliphatic rings. The summed E-state index contributed by atoms with van der Waals surface area (Å²) in [6.07, 6.45) is 3.45. The highest BCUT2D eigenvalue weighted by Gasteiger charge is 2.52. The third kappa shape index (κ3) is 11.2. The van der Waals surface area contributed by atoms with Crippen molar-refractivity contribution in [1.29, 1.82) is 0 Å². The molecule has 0 radical (unpaired) electrons. The summed E-state index contributed by atoms with van der Waals surface area (Å²) in [6.45, 7) is 11.0. The van der Waals surface area contributed by atoms with Crippen LogP contribution in [0.3, 0.4) is 0 Å². The van der Waals surface area contributed by atoms with Crippen LogP contribution in [0.4, 0.5) is 69.2 Å². The van der Waals surface area contributed by atoms with Crippen molar-refractivity contribution in [3.63, 3.8) is 0 Å². The van der Waals surface area contributed by atoms with Crippen molar-refractivity contribution < 1.29 is 44.6 Å². The van der Waals surface area contributed by atoms with Gasteiger partial charge in [-0.3, -0.25) is 0 Å². The maximum atomic E-state index is 17.1. The molecule has 14 aromatic rings. The van der Waals surface area contributed by atoms with Gasteiger partial charge in [0.05, 0.1) is 10.8 Å². The first-order valence-electron chi connectivity index (χ1n) is 33.7. The van der Waals surface area contributed by atoms with E-state index in [-0.39, 0.29) is 11.1 Å². The fourth-order valence-corrected chi connectivity index (χ4v) is 15.3. The van der Waals surface area contributed by atoms with Gasteiger partial charge >= 0.3 is 0 Å². The van der Waals surface area contributed by atoms with Crippen LogP contribution in [0.2, 0.25) is 0 Å². The number of hydrogen-bond acceptors (Lipinski definition) is 4. The zero-order valence-electron chi connectivity index (χ0n) is 56.0. The second-order valence-electron chi connectivity index (χ2n) is 26.0. The first kappa shape index (κ1) is 65.8. The van der Waals surface area contributed by atoms with Crippen LogP contribution in [0.25, 0.3) is 45.5 Å². The van der Waals surface area contributed by atoms with Crippen LogP contribution in [0, 0.1) is 60.4 Å². The molecule has 2 atom stereocenters. The molecule has 2 unspecified atom stereocenters. The maximum Gasteiger partial charge on any atom is 0.133 e. The average Bonchev–Trinajstić information content (AvgIpc) is 1.51. The van der Waals surface area contributed by atoms with Gasteiger partial charge in [0.1, 0.15) is 69.5 Å². The predicted octanol–water partition coefficient (Wildman–Crippen LogP) is 25.6. The number of fused-ring (bicyclic) bond motifs is 6. The molecule has 16 rings (SSSR count). The molecule has 0 heterocycles. The van der Waals surface area contributed by atoms with Crippen molar-refractivity contribution in [2.75, 3.05) is 9.80 Å². The van der Waals surface area contributed by atoms with Crippen LogP contribution in [0.1, 0.15) is 66.8 Å². The summed E-state index contributed by atoms with van der Waals surface area (Å²) in [5.74, 6) is -5.28. The number of benzene rings is 14. The van der Waals surface area contributed by atoms with Crippen molar-refractivity contribution in [2.24, 2.45) is 0 Å². The summed E-state index contributed by atoms with van der Waals surface area (Å²) >= 11 is 0. The molecule has 0 aromatic heterocycles. The topological polar surface area (TPSA) is 24.9 Å². The first-order chi connectivity index (χ1) is 50.5. The molecular formula is C92H60F8N2O2. The predicted molar refractivity (Wildman–Crippen MR) is 398 cm³/mol. The summed E-state index contributed by atoms with van der Waals surface area (Å²) in [6, 6.07) is 82.9. The van der Waals surface area contributed by atoms with Gasteiger partial charge in [0.15, 0.2) is 0 Å². The molecule has 0 amide bonds. The van der Waals surface area contributed by atoms with Crippen LogP contribution < -0.4 is 19.3 Å². The normalized spacial score (nSPS) is 14.6. The van der Waals surface area contributed by atoms with Crippen molar-refractivity contribution in [2.45, 2.75) is 24.7 Å². The number of halogens is 8. The highest BCUT2D eigenvalue weighted by atomic mass is 19.2. The molecule has 104 heavy (non-hydrogen) atoms. The SMILES string of the molecule is C=Cc1ccc(Oc2ccc(C3(c4c(F)cc(F)cc4F)c4ccccc4-c4ccc(N(c5ccc(-c6ccc(N(c7ccc(F)c(C)c7)c7ccc8c(c7)C(c7ccc(Oc9ccc(C=C)cc9)cc7)(c7c(F)cc(F)cc7F)c7ccccc7-8)cc6)cc5)c5ccc(F)c(C)c5)cc43)cc2)cc1. The number of anilines is 6. The van der Waals surface area contributed by atoms with Crippen LogP contribution in [0.5, 0.6) is 23.0 Å². The Morgan fingerprint density at radius 1 is 0.288 bits per heavy atom. The Morgan fingerprint density at radius 3 is 0.923 bits per heavy atom. The number of nitrogens with zero attached hydrogens (tertiary/aromatic N) is 2. The molecule has 2 aliphatic carbocycles. The van der Waals surface area contributed by atoms with Crippen molar-refractivity contribution in [1.82, 2.24) is 0 Å². The van der Waals surface area contributed by atoms with Gasteiger partial charge in [-0.15, -0.1) is 0 Å². The Balaban J connectivity index is 0.791. The lowest BCUT2D eigenvalue weighted by Gasteiger charge is -2.35. The largest absolute Gasteiger partial charge is 0.457 e. The molecule has 506 valence electrons. The second kappa shape index (κ2) is 26.3. The zero-order valence-corrected chi connectivity index (χ0v) is 56.0. The average molecular weight is 1380 g/mol. The van der Waals surface area contributed by atoms with Crippen LogP contribution >= 0.6 is 0 Å². The standard InChI is InChI=1S/C92H60F8N2O2/c1-5-57-15-35-71(36-16-57)103-73-39-23-61(24-40-73)91(89-85(97)49-63(93)50-86(89)98)79-13-9-7-11-75(79)77-43-31-69(53-81(77)91)101(67-33-45-83(95)55(3)47-67)65-27-19-59(20-28-65)60-21-29-66(30-22-60)102(68-34-46-84(96)56(4)48-68)70-32-44-78-76-12-8-10-14-80(76)92(82(78)54-70,90-87(99)51-64(94)52-88(90)100)62-25-41-74(42-26-62)104-72-37-17-58(6-2)18-38-72/h5-54H,1-2H2,3-4H3. The van der Waals surface area contributed by atoms with Gasteiger partial charge in [0, 0.05) is 69.5 Å². The molecule has 12 heteroatoms. The molecule has 0 aliphatic heterocycles. The molecular weight excluding hydrogens is 1320 g/mol. The molecule has 0 fully saturated rings. The summed E-state index contributed by atoms with van der Waals surface area (Å²) in [5.41, 5.74) is 9.42. The smallest absolute Gasteiger partial charge is 0.133 e. The van der Waals surface area contributed by atoms with E-state index in [0.717, 1.165) is 22.3 Å². The lowest BCUT2D eigenvalue weighted by Crippen LogP contribution is -2.31. The second-order valence-corrected chi connectivity index (χ2v) is 26.0. The zero-order chi connectivity index (χ0) is 71.7. The van der Waals surface area contributed by atoms with E-state index in [0.29, 0.717) is 148 Å². The quantitative estimate of drug-likeness (QED) is 0.0849. The minimum absolute atomic E-state index is 0.370. The van der Waals surface area contributed by atoms with E-state index in [9.17, 15) is 0 Å². The molecule has 4 nitrogen and oxygen atoms in total. The Hall–Kier alpha value is -12.8. The van der Waals surface area contributed by atoms with E-state index in [2.05, 4.69) is 13.2 Å². The van der Waals surface area contributed by atoms with Crippen molar-refractivity contribution >= 4 is 46.3 Å². The van der Waals surface area contributed by atoms with E-state index >= 15 is 35.1 Å². The van der Waals surface area contributed by atoms with Crippen molar-refractivity contribution in [3.8, 4) is 56.4 Å². The lowest BCUT2D eigenvalue weighted by molar-refractivity contribution is 0.481. The maximum absolute atomic E-state index is 17.1. The van der Waals surface area contributed by atoms with Gasteiger partial charge in [-0.25, -0.2) is 35.1 Å². The molecule has 0 bridgehead atoms. The Labute approximate surface area is 596 Å². The molecule has 0 spiro atoms. The van der Waals surface area contributed by atoms with Gasteiger partial charge < -0.3 is 19.3 Å². The fourth-order valence-electron chi connectivity index (χ4n) is 15.3. The summed E-state index contributed by atoms with van der Waals surface area (Å²) in [7, 11) is 0. The Bertz CT molecular complexity index is 5330.